The van der Waals surface area contributed by atoms with Crippen molar-refractivity contribution in [2.24, 2.45) is 0 Å². The molecular formula is C15H17N3O3. The Hall–Kier alpha value is -2.63. The molecule has 6 heteroatoms. The second kappa shape index (κ2) is 7.23. The molecule has 2 aromatic rings. The lowest BCUT2D eigenvalue weighted by molar-refractivity contribution is -0.121. The van der Waals surface area contributed by atoms with Crippen LogP contribution in [-0.2, 0) is 17.8 Å². The number of carbonyl (C=O) groups excluding carboxylic acids is 1. The van der Waals surface area contributed by atoms with Gasteiger partial charge in [0.05, 0.1) is 0 Å². The van der Waals surface area contributed by atoms with Gasteiger partial charge in [0, 0.05) is 25.7 Å². The molecule has 21 heavy (non-hydrogen) atoms. The van der Waals surface area contributed by atoms with Crippen molar-refractivity contribution >= 4 is 11.9 Å². The fraction of sp³-hybridized carbons (Fsp3) is 0.267. The lowest BCUT2D eigenvalue weighted by Crippen LogP contribution is -2.26. The predicted molar refractivity (Wildman–Crippen MR) is 77.0 cm³/mol. The van der Waals surface area contributed by atoms with Crippen molar-refractivity contribution in [3.63, 3.8) is 0 Å². The molecule has 0 aliphatic heterocycles. The van der Waals surface area contributed by atoms with E-state index in [0.717, 1.165) is 6.42 Å². The number of aromatic nitrogens is 2. The molecule has 1 aromatic heterocycles. The summed E-state index contributed by atoms with van der Waals surface area (Å²) >= 11 is 0. The van der Waals surface area contributed by atoms with Crippen molar-refractivity contribution in [1.82, 2.24) is 15.1 Å². The van der Waals surface area contributed by atoms with E-state index < -0.39 is 5.97 Å². The third-order valence-electron chi connectivity index (χ3n) is 3.01. The van der Waals surface area contributed by atoms with Crippen LogP contribution in [0.2, 0.25) is 0 Å². The number of carbonyl (C=O) groups is 2. The van der Waals surface area contributed by atoms with E-state index in [9.17, 15) is 9.59 Å². The summed E-state index contributed by atoms with van der Waals surface area (Å²) in [6, 6.07) is 11.3. The van der Waals surface area contributed by atoms with Gasteiger partial charge >= 0.3 is 5.97 Å². The van der Waals surface area contributed by atoms with Crippen LogP contribution in [0.1, 0.15) is 22.5 Å². The molecule has 0 radical (unpaired) electrons. The third kappa shape index (κ3) is 4.76. The van der Waals surface area contributed by atoms with E-state index in [1.54, 1.807) is 6.20 Å². The molecule has 6 nitrogen and oxygen atoms in total. The maximum atomic E-state index is 11.7. The number of benzene rings is 1. The normalized spacial score (nSPS) is 10.3. The number of nitrogens with zero attached hydrogens (tertiary/aromatic N) is 2. The molecule has 0 spiro atoms. The van der Waals surface area contributed by atoms with Crippen molar-refractivity contribution in [2.75, 3.05) is 6.54 Å². The number of carboxylic acid groups (broad SMARTS) is 1. The van der Waals surface area contributed by atoms with Crippen LogP contribution in [0.15, 0.2) is 42.6 Å². The van der Waals surface area contributed by atoms with E-state index in [1.807, 2.05) is 30.3 Å². The highest BCUT2D eigenvalue weighted by Crippen LogP contribution is 1.99. The van der Waals surface area contributed by atoms with Gasteiger partial charge in [0.15, 0.2) is 5.69 Å². The molecule has 1 aromatic carbocycles. The Labute approximate surface area is 122 Å². The van der Waals surface area contributed by atoms with Gasteiger partial charge < -0.3 is 10.4 Å². The minimum atomic E-state index is -1.07. The zero-order valence-corrected chi connectivity index (χ0v) is 11.5. The highest BCUT2D eigenvalue weighted by atomic mass is 16.4. The first-order valence-corrected chi connectivity index (χ1v) is 6.72. The van der Waals surface area contributed by atoms with Gasteiger partial charge in [0.1, 0.15) is 0 Å². The minimum Gasteiger partial charge on any atom is -0.476 e. The predicted octanol–water partition coefficient (Wildman–Crippen LogP) is 1.33. The molecule has 1 heterocycles. The van der Waals surface area contributed by atoms with Crippen molar-refractivity contribution in [2.45, 2.75) is 19.4 Å². The second-order valence-corrected chi connectivity index (χ2v) is 4.60. The smallest absolute Gasteiger partial charge is 0.356 e. The van der Waals surface area contributed by atoms with Gasteiger partial charge in [-0.2, -0.15) is 5.10 Å². The van der Waals surface area contributed by atoms with Crippen molar-refractivity contribution in [3.8, 4) is 0 Å². The summed E-state index contributed by atoms with van der Waals surface area (Å²) in [5.41, 5.74) is 1.16. The van der Waals surface area contributed by atoms with Crippen LogP contribution >= 0.6 is 0 Å². The number of hydrogen-bond donors (Lipinski definition) is 2. The number of rotatable bonds is 7. The average molecular weight is 287 g/mol. The van der Waals surface area contributed by atoms with Gasteiger partial charge in [0.2, 0.25) is 5.91 Å². The lowest BCUT2D eigenvalue weighted by Gasteiger charge is -2.05. The van der Waals surface area contributed by atoms with Crippen LogP contribution in [0.3, 0.4) is 0 Å². The minimum absolute atomic E-state index is 0.0144. The molecule has 0 saturated carbocycles. The van der Waals surface area contributed by atoms with Crippen molar-refractivity contribution in [1.29, 1.82) is 0 Å². The number of aryl methyl sites for hydroxylation is 1. The summed E-state index contributed by atoms with van der Waals surface area (Å²) in [5.74, 6) is -1.14. The molecule has 0 unspecified atom stereocenters. The van der Waals surface area contributed by atoms with Crippen LogP contribution in [0.4, 0.5) is 0 Å². The lowest BCUT2D eigenvalue weighted by atomic mass is 10.1. The van der Waals surface area contributed by atoms with Crippen LogP contribution < -0.4 is 5.32 Å². The Kier molecular flexibility index (Phi) is 5.09. The summed E-state index contributed by atoms with van der Waals surface area (Å²) in [6.07, 6.45) is 2.62. The molecular weight excluding hydrogens is 270 g/mol. The number of aromatic carboxylic acids is 1. The van der Waals surface area contributed by atoms with Crippen molar-refractivity contribution in [3.05, 3.63) is 53.9 Å². The molecule has 1 amide bonds. The summed E-state index contributed by atoms with van der Waals surface area (Å²) in [5, 5.41) is 15.4. The summed E-state index contributed by atoms with van der Waals surface area (Å²) in [6.45, 7) is 0.951. The Bertz CT molecular complexity index is 608. The standard InChI is InChI=1S/C15H17N3O3/c19-14(16-9-6-12-4-2-1-3-5-12)8-11-18-10-7-13(17-18)15(20)21/h1-5,7,10H,6,8-9,11H2,(H,16,19)(H,20,21). The van der Waals surface area contributed by atoms with Gasteiger partial charge in [-0.3, -0.25) is 9.48 Å². The van der Waals surface area contributed by atoms with Crippen LogP contribution in [0.5, 0.6) is 0 Å². The quantitative estimate of drug-likeness (QED) is 0.804. The molecule has 0 saturated heterocycles. The second-order valence-electron chi connectivity index (χ2n) is 4.60. The Morgan fingerprint density at radius 1 is 1.19 bits per heavy atom. The number of nitrogens with one attached hydrogen (secondary N) is 1. The van der Waals surface area contributed by atoms with Gasteiger partial charge in [-0.15, -0.1) is 0 Å². The van der Waals surface area contributed by atoms with E-state index in [4.69, 9.17) is 5.11 Å². The highest BCUT2D eigenvalue weighted by Gasteiger charge is 2.07. The fourth-order valence-electron chi connectivity index (χ4n) is 1.90. The number of amides is 1. The van der Waals surface area contributed by atoms with E-state index >= 15 is 0 Å². The third-order valence-corrected chi connectivity index (χ3v) is 3.01. The topological polar surface area (TPSA) is 84.2 Å². The van der Waals surface area contributed by atoms with Gasteiger partial charge in [0.25, 0.3) is 0 Å². The van der Waals surface area contributed by atoms with Crippen LogP contribution in [0.25, 0.3) is 0 Å². The van der Waals surface area contributed by atoms with E-state index in [1.165, 1.54) is 16.3 Å². The molecule has 0 atom stereocenters. The Balaban J connectivity index is 1.68. The van der Waals surface area contributed by atoms with Gasteiger partial charge in [-0.1, -0.05) is 30.3 Å². The van der Waals surface area contributed by atoms with Crippen molar-refractivity contribution < 1.29 is 14.7 Å². The molecule has 2 rings (SSSR count). The van der Waals surface area contributed by atoms with Crippen LogP contribution in [-0.4, -0.2) is 33.3 Å². The zero-order chi connectivity index (χ0) is 15.1. The average Bonchev–Trinajstić information content (AvgIpc) is 2.95. The molecule has 0 bridgehead atoms. The van der Waals surface area contributed by atoms with Gasteiger partial charge in [-0.25, -0.2) is 4.79 Å². The maximum absolute atomic E-state index is 11.7. The van der Waals surface area contributed by atoms with E-state index in [-0.39, 0.29) is 18.0 Å². The van der Waals surface area contributed by atoms with Gasteiger partial charge in [-0.05, 0) is 18.1 Å². The van der Waals surface area contributed by atoms with Crippen LogP contribution in [0, 0.1) is 0 Å². The highest BCUT2D eigenvalue weighted by molar-refractivity contribution is 5.85. The number of carboxylic acids is 1. The number of hydrogen-bond acceptors (Lipinski definition) is 3. The maximum Gasteiger partial charge on any atom is 0.356 e. The zero-order valence-electron chi connectivity index (χ0n) is 11.5. The monoisotopic (exact) mass is 287 g/mol. The first kappa shape index (κ1) is 14.8. The first-order chi connectivity index (χ1) is 10.1. The molecule has 0 aliphatic rings. The van der Waals surface area contributed by atoms with E-state index in [0.29, 0.717) is 13.1 Å². The summed E-state index contributed by atoms with van der Waals surface area (Å²) in [4.78, 5) is 22.4. The molecule has 0 aliphatic carbocycles. The fourth-order valence-corrected chi connectivity index (χ4v) is 1.90. The van der Waals surface area contributed by atoms with E-state index in [2.05, 4.69) is 10.4 Å². The summed E-state index contributed by atoms with van der Waals surface area (Å²) < 4.78 is 1.46. The SMILES string of the molecule is O=C(CCn1ccc(C(=O)O)n1)NCCc1ccccc1. The largest absolute Gasteiger partial charge is 0.476 e. The Morgan fingerprint density at radius 2 is 1.95 bits per heavy atom. The molecule has 2 N–H and O–H groups in total. The molecule has 0 fully saturated rings. The molecule has 110 valence electrons. The first-order valence-electron chi connectivity index (χ1n) is 6.72. The Morgan fingerprint density at radius 3 is 2.62 bits per heavy atom. The summed E-state index contributed by atoms with van der Waals surface area (Å²) in [7, 11) is 0.